The van der Waals surface area contributed by atoms with Crippen molar-refractivity contribution in [3.8, 4) is 11.5 Å². The lowest BCUT2D eigenvalue weighted by Crippen LogP contribution is -2.26. The Morgan fingerprint density at radius 1 is 1.25 bits per heavy atom. The standard InChI is InChI=1S/C17H16ClN3O3/c1-11-6-13(18)3-4-14(11)19-9-17(22)21-20-8-12-2-5-15-16(7-12)24-10-23-15/h2-8,19H,9-10H2,1H3,(H,21,22)/b20-8+. The van der Waals surface area contributed by atoms with Crippen LogP contribution in [0.3, 0.4) is 0 Å². The molecule has 0 atom stereocenters. The number of anilines is 1. The highest BCUT2D eigenvalue weighted by molar-refractivity contribution is 6.30. The molecule has 0 spiro atoms. The van der Waals surface area contributed by atoms with E-state index < -0.39 is 0 Å². The van der Waals surface area contributed by atoms with Crippen molar-refractivity contribution in [1.82, 2.24) is 5.43 Å². The smallest absolute Gasteiger partial charge is 0.259 e. The van der Waals surface area contributed by atoms with Gasteiger partial charge in [0.1, 0.15) is 0 Å². The van der Waals surface area contributed by atoms with Gasteiger partial charge in [0.25, 0.3) is 5.91 Å². The van der Waals surface area contributed by atoms with Crippen LogP contribution in [0.1, 0.15) is 11.1 Å². The molecule has 1 aliphatic heterocycles. The van der Waals surface area contributed by atoms with E-state index >= 15 is 0 Å². The molecule has 0 aromatic heterocycles. The second-order valence-corrected chi connectivity index (χ2v) is 5.66. The van der Waals surface area contributed by atoms with E-state index in [9.17, 15) is 4.79 Å². The summed E-state index contributed by atoms with van der Waals surface area (Å²) in [5.74, 6) is 1.13. The molecule has 3 rings (SSSR count). The van der Waals surface area contributed by atoms with Crippen molar-refractivity contribution in [1.29, 1.82) is 0 Å². The van der Waals surface area contributed by atoms with Gasteiger partial charge in [0, 0.05) is 10.7 Å². The SMILES string of the molecule is Cc1cc(Cl)ccc1NCC(=O)N/N=C/c1ccc2c(c1)OCO2. The fourth-order valence-electron chi connectivity index (χ4n) is 2.21. The predicted molar refractivity (Wildman–Crippen MR) is 93.0 cm³/mol. The molecule has 1 heterocycles. The maximum atomic E-state index is 11.8. The normalized spacial score (nSPS) is 12.4. The number of fused-ring (bicyclic) bond motifs is 1. The molecule has 124 valence electrons. The molecule has 2 aromatic rings. The Bertz CT molecular complexity index is 793. The summed E-state index contributed by atoms with van der Waals surface area (Å²) < 4.78 is 10.5. The van der Waals surface area contributed by atoms with Gasteiger partial charge in [-0.3, -0.25) is 4.79 Å². The highest BCUT2D eigenvalue weighted by Crippen LogP contribution is 2.31. The molecule has 24 heavy (non-hydrogen) atoms. The number of carbonyl (C=O) groups excluding carboxylic acids is 1. The van der Waals surface area contributed by atoms with Gasteiger partial charge in [-0.15, -0.1) is 0 Å². The average molecular weight is 346 g/mol. The van der Waals surface area contributed by atoms with E-state index in [-0.39, 0.29) is 19.2 Å². The van der Waals surface area contributed by atoms with Crippen molar-refractivity contribution in [3.05, 3.63) is 52.5 Å². The molecular weight excluding hydrogens is 330 g/mol. The summed E-state index contributed by atoms with van der Waals surface area (Å²) in [6.45, 7) is 2.26. The van der Waals surface area contributed by atoms with Crippen molar-refractivity contribution >= 4 is 29.4 Å². The number of rotatable bonds is 5. The quantitative estimate of drug-likeness (QED) is 0.645. The molecule has 7 heteroatoms. The largest absolute Gasteiger partial charge is 0.454 e. The summed E-state index contributed by atoms with van der Waals surface area (Å²) in [5.41, 5.74) is 5.10. The van der Waals surface area contributed by atoms with E-state index in [4.69, 9.17) is 21.1 Å². The van der Waals surface area contributed by atoms with Crippen molar-refractivity contribution in [2.24, 2.45) is 5.10 Å². The Hall–Kier alpha value is -2.73. The lowest BCUT2D eigenvalue weighted by Gasteiger charge is -2.08. The minimum absolute atomic E-state index is 0.112. The number of carbonyl (C=O) groups is 1. The van der Waals surface area contributed by atoms with Gasteiger partial charge in [-0.25, -0.2) is 5.43 Å². The van der Waals surface area contributed by atoms with Crippen LogP contribution in [0.2, 0.25) is 5.02 Å². The van der Waals surface area contributed by atoms with Crippen LogP contribution in [0.5, 0.6) is 11.5 Å². The second kappa shape index (κ2) is 7.23. The van der Waals surface area contributed by atoms with Crippen molar-refractivity contribution < 1.29 is 14.3 Å². The molecule has 6 nitrogen and oxygen atoms in total. The zero-order valence-electron chi connectivity index (χ0n) is 13.0. The van der Waals surface area contributed by atoms with Crippen LogP contribution in [0.15, 0.2) is 41.5 Å². The number of nitrogens with zero attached hydrogens (tertiary/aromatic N) is 1. The number of hydrazone groups is 1. The molecule has 1 amide bonds. The summed E-state index contributed by atoms with van der Waals surface area (Å²) >= 11 is 5.90. The number of hydrogen-bond donors (Lipinski definition) is 2. The fraction of sp³-hybridized carbons (Fsp3) is 0.176. The summed E-state index contributed by atoms with van der Waals surface area (Å²) in [4.78, 5) is 11.8. The molecule has 2 N–H and O–H groups in total. The molecule has 0 aliphatic carbocycles. The van der Waals surface area contributed by atoms with Crippen LogP contribution < -0.4 is 20.2 Å². The number of aryl methyl sites for hydroxylation is 1. The molecule has 0 unspecified atom stereocenters. The molecule has 0 fully saturated rings. The van der Waals surface area contributed by atoms with E-state index in [1.807, 2.05) is 25.1 Å². The van der Waals surface area contributed by atoms with E-state index in [1.165, 1.54) is 0 Å². The number of hydrogen-bond acceptors (Lipinski definition) is 5. The van der Waals surface area contributed by atoms with Gasteiger partial charge >= 0.3 is 0 Å². The minimum Gasteiger partial charge on any atom is -0.454 e. The van der Waals surface area contributed by atoms with Crippen LogP contribution in [0.25, 0.3) is 0 Å². The highest BCUT2D eigenvalue weighted by atomic mass is 35.5. The van der Waals surface area contributed by atoms with Crippen molar-refractivity contribution in [2.45, 2.75) is 6.92 Å². The second-order valence-electron chi connectivity index (χ2n) is 5.22. The third kappa shape index (κ3) is 3.97. The van der Waals surface area contributed by atoms with Gasteiger partial charge in [-0.2, -0.15) is 5.10 Å². The van der Waals surface area contributed by atoms with Crippen LogP contribution >= 0.6 is 11.6 Å². The zero-order chi connectivity index (χ0) is 16.9. The van der Waals surface area contributed by atoms with E-state index in [1.54, 1.807) is 24.4 Å². The first kappa shape index (κ1) is 16.1. The Morgan fingerprint density at radius 2 is 2.08 bits per heavy atom. The number of nitrogens with one attached hydrogen (secondary N) is 2. The Morgan fingerprint density at radius 3 is 2.92 bits per heavy atom. The van der Waals surface area contributed by atoms with E-state index in [0.29, 0.717) is 16.5 Å². The van der Waals surface area contributed by atoms with Gasteiger partial charge in [0.15, 0.2) is 11.5 Å². The molecule has 2 aromatic carbocycles. The maximum Gasteiger partial charge on any atom is 0.259 e. The molecule has 0 radical (unpaired) electrons. The summed E-state index contributed by atoms with van der Waals surface area (Å²) in [6, 6.07) is 10.9. The first-order valence-electron chi connectivity index (χ1n) is 7.33. The van der Waals surface area contributed by atoms with Crippen LogP contribution in [0.4, 0.5) is 5.69 Å². The van der Waals surface area contributed by atoms with Gasteiger partial charge in [0.2, 0.25) is 6.79 Å². The topological polar surface area (TPSA) is 72.0 Å². The zero-order valence-corrected chi connectivity index (χ0v) is 13.8. The number of benzene rings is 2. The maximum absolute atomic E-state index is 11.8. The summed E-state index contributed by atoms with van der Waals surface area (Å²) in [5, 5.41) is 7.64. The molecule has 1 aliphatic rings. The van der Waals surface area contributed by atoms with E-state index in [2.05, 4.69) is 15.8 Å². The number of ether oxygens (including phenoxy) is 2. The Kier molecular flexibility index (Phi) is 4.86. The third-order valence-electron chi connectivity index (χ3n) is 3.43. The van der Waals surface area contributed by atoms with Crippen LogP contribution in [-0.2, 0) is 4.79 Å². The molecular formula is C17H16ClN3O3. The average Bonchev–Trinajstić information content (AvgIpc) is 3.02. The Balaban J connectivity index is 1.50. The molecule has 0 saturated heterocycles. The lowest BCUT2D eigenvalue weighted by molar-refractivity contribution is -0.119. The summed E-state index contributed by atoms with van der Waals surface area (Å²) in [6.07, 6.45) is 1.55. The first-order valence-corrected chi connectivity index (χ1v) is 7.71. The first-order chi connectivity index (χ1) is 11.6. The summed E-state index contributed by atoms with van der Waals surface area (Å²) in [7, 11) is 0. The van der Waals surface area contributed by atoms with Crippen LogP contribution in [-0.4, -0.2) is 25.5 Å². The van der Waals surface area contributed by atoms with E-state index in [0.717, 1.165) is 16.8 Å². The third-order valence-corrected chi connectivity index (χ3v) is 3.66. The van der Waals surface area contributed by atoms with Gasteiger partial charge < -0.3 is 14.8 Å². The number of halogens is 1. The van der Waals surface area contributed by atoms with Gasteiger partial charge in [-0.1, -0.05) is 11.6 Å². The van der Waals surface area contributed by atoms with Gasteiger partial charge in [0.05, 0.1) is 12.8 Å². The molecule has 0 bridgehead atoms. The van der Waals surface area contributed by atoms with Gasteiger partial charge in [-0.05, 0) is 54.4 Å². The highest BCUT2D eigenvalue weighted by Gasteiger charge is 2.12. The Labute approximate surface area is 144 Å². The predicted octanol–water partition coefficient (Wildman–Crippen LogP) is 2.94. The molecule has 0 saturated carbocycles. The van der Waals surface area contributed by atoms with Crippen LogP contribution in [0, 0.1) is 6.92 Å². The fourth-order valence-corrected chi connectivity index (χ4v) is 2.44. The lowest BCUT2D eigenvalue weighted by atomic mass is 10.2. The monoisotopic (exact) mass is 345 g/mol. The number of amides is 1. The minimum atomic E-state index is -0.249. The van der Waals surface area contributed by atoms with Crippen molar-refractivity contribution in [2.75, 3.05) is 18.7 Å². The van der Waals surface area contributed by atoms with Crippen molar-refractivity contribution in [3.63, 3.8) is 0 Å².